The smallest absolute Gasteiger partial charge is 0.306 e. The number of hydrogen-bond acceptors (Lipinski definition) is 5. The summed E-state index contributed by atoms with van der Waals surface area (Å²) in [5, 5.41) is 3.93. The molecule has 1 aliphatic rings. The molecule has 20 heavy (non-hydrogen) atoms. The van der Waals surface area contributed by atoms with Crippen molar-refractivity contribution < 1.29 is 14.1 Å². The summed E-state index contributed by atoms with van der Waals surface area (Å²) in [4.78, 5) is 15.6. The zero-order valence-electron chi connectivity index (χ0n) is 11.5. The summed E-state index contributed by atoms with van der Waals surface area (Å²) in [5.41, 5.74) is 3.46. The lowest BCUT2D eigenvalue weighted by Gasteiger charge is -2.10. The summed E-state index contributed by atoms with van der Waals surface area (Å²) in [7, 11) is 1.43. The molecule has 1 aromatic carbocycles. The van der Waals surface area contributed by atoms with Gasteiger partial charge in [0.15, 0.2) is 0 Å². The number of fused-ring (bicyclic) bond motifs is 1. The SMILES string of the molecule is COC(=O)C[C@@H]1CCc2cc(-c3noc(C)n3)ccc21. The number of aromatic nitrogens is 2. The molecule has 0 unspecified atom stereocenters. The lowest BCUT2D eigenvalue weighted by Crippen LogP contribution is -2.06. The maximum absolute atomic E-state index is 11.4. The third kappa shape index (κ3) is 2.31. The molecule has 5 heteroatoms. The van der Waals surface area contributed by atoms with Crippen LogP contribution in [0.4, 0.5) is 0 Å². The van der Waals surface area contributed by atoms with Crippen LogP contribution in [0.25, 0.3) is 11.4 Å². The standard InChI is InChI=1S/C15H16N2O3/c1-9-16-15(17-20-9)12-5-6-13-10(7-12)3-4-11(13)8-14(18)19-2/h5-7,11H,3-4,8H2,1-2H3/t11-/m0/s1. The predicted molar refractivity (Wildman–Crippen MR) is 72.2 cm³/mol. The first-order chi connectivity index (χ1) is 9.67. The van der Waals surface area contributed by atoms with Crippen molar-refractivity contribution in [3.8, 4) is 11.4 Å². The molecule has 0 N–H and O–H groups in total. The Balaban J connectivity index is 1.86. The van der Waals surface area contributed by atoms with E-state index in [9.17, 15) is 4.79 Å². The first-order valence-corrected chi connectivity index (χ1v) is 6.67. The number of aryl methyl sites for hydroxylation is 2. The highest BCUT2D eigenvalue weighted by atomic mass is 16.5. The molecular formula is C15H16N2O3. The topological polar surface area (TPSA) is 65.2 Å². The highest BCUT2D eigenvalue weighted by Crippen LogP contribution is 2.37. The predicted octanol–water partition coefficient (Wildman–Crippen LogP) is 2.64. The molecule has 0 aliphatic heterocycles. The van der Waals surface area contributed by atoms with Gasteiger partial charge < -0.3 is 9.26 Å². The van der Waals surface area contributed by atoms with Gasteiger partial charge in [-0.1, -0.05) is 17.3 Å². The second kappa shape index (κ2) is 5.07. The van der Waals surface area contributed by atoms with E-state index in [0.717, 1.165) is 18.4 Å². The van der Waals surface area contributed by atoms with Crippen LogP contribution in [0, 0.1) is 6.92 Å². The largest absolute Gasteiger partial charge is 0.469 e. The van der Waals surface area contributed by atoms with Crippen LogP contribution >= 0.6 is 0 Å². The van der Waals surface area contributed by atoms with Crippen LogP contribution in [-0.4, -0.2) is 23.2 Å². The van der Waals surface area contributed by atoms with Gasteiger partial charge in [0.05, 0.1) is 13.5 Å². The van der Waals surface area contributed by atoms with Crippen molar-refractivity contribution in [1.29, 1.82) is 0 Å². The number of nitrogens with zero attached hydrogens (tertiary/aromatic N) is 2. The molecule has 104 valence electrons. The Morgan fingerprint density at radius 2 is 2.35 bits per heavy atom. The summed E-state index contributed by atoms with van der Waals surface area (Å²) < 4.78 is 9.76. The van der Waals surface area contributed by atoms with E-state index in [1.165, 1.54) is 18.2 Å². The van der Waals surface area contributed by atoms with Gasteiger partial charge in [-0.25, -0.2) is 0 Å². The first kappa shape index (κ1) is 12.8. The average molecular weight is 272 g/mol. The van der Waals surface area contributed by atoms with Gasteiger partial charge in [-0.3, -0.25) is 4.79 Å². The quantitative estimate of drug-likeness (QED) is 0.804. The van der Waals surface area contributed by atoms with E-state index >= 15 is 0 Å². The second-order valence-electron chi connectivity index (χ2n) is 5.07. The van der Waals surface area contributed by atoms with Crippen LogP contribution in [0.1, 0.15) is 35.8 Å². The molecule has 2 aromatic rings. The van der Waals surface area contributed by atoms with E-state index in [0.29, 0.717) is 18.1 Å². The van der Waals surface area contributed by atoms with Gasteiger partial charge in [0, 0.05) is 12.5 Å². The molecule has 1 aromatic heterocycles. The number of rotatable bonds is 3. The monoisotopic (exact) mass is 272 g/mol. The van der Waals surface area contributed by atoms with Crippen molar-refractivity contribution in [1.82, 2.24) is 10.1 Å². The highest BCUT2D eigenvalue weighted by molar-refractivity contribution is 5.71. The van der Waals surface area contributed by atoms with Crippen LogP contribution in [0.5, 0.6) is 0 Å². The minimum Gasteiger partial charge on any atom is -0.469 e. The van der Waals surface area contributed by atoms with Crippen LogP contribution in [0.15, 0.2) is 22.7 Å². The zero-order chi connectivity index (χ0) is 14.1. The molecule has 0 fully saturated rings. The summed E-state index contributed by atoms with van der Waals surface area (Å²) in [5.74, 6) is 1.28. The molecular weight excluding hydrogens is 256 g/mol. The van der Waals surface area contributed by atoms with E-state index in [1.807, 2.05) is 6.07 Å². The number of hydrogen-bond donors (Lipinski definition) is 0. The minimum absolute atomic E-state index is 0.152. The van der Waals surface area contributed by atoms with Gasteiger partial charge in [-0.2, -0.15) is 4.98 Å². The molecule has 0 bridgehead atoms. The molecule has 3 rings (SSSR count). The van der Waals surface area contributed by atoms with Crippen molar-refractivity contribution >= 4 is 5.97 Å². The van der Waals surface area contributed by atoms with Crippen LogP contribution in [0.3, 0.4) is 0 Å². The highest BCUT2D eigenvalue weighted by Gasteiger charge is 2.25. The number of benzene rings is 1. The summed E-state index contributed by atoms with van der Waals surface area (Å²) in [6, 6.07) is 6.15. The molecule has 1 atom stereocenters. The third-order valence-electron chi connectivity index (χ3n) is 3.77. The van der Waals surface area contributed by atoms with Gasteiger partial charge >= 0.3 is 5.97 Å². The maximum Gasteiger partial charge on any atom is 0.306 e. The number of methoxy groups -OCH3 is 1. The number of carbonyl (C=O) groups excluding carboxylic acids is 1. The van der Waals surface area contributed by atoms with Gasteiger partial charge in [0.25, 0.3) is 0 Å². The van der Waals surface area contributed by atoms with E-state index in [1.54, 1.807) is 6.92 Å². The molecule has 1 heterocycles. The van der Waals surface area contributed by atoms with Crippen LogP contribution in [-0.2, 0) is 16.0 Å². The summed E-state index contributed by atoms with van der Waals surface area (Å²) in [6.45, 7) is 1.77. The Hall–Kier alpha value is -2.17. The average Bonchev–Trinajstić information content (AvgIpc) is 3.05. The van der Waals surface area contributed by atoms with Gasteiger partial charge in [-0.15, -0.1) is 0 Å². The van der Waals surface area contributed by atoms with Crippen LogP contribution < -0.4 is 0 Å². The summed E-state index contributed by atoms with van der Waals surface area (Å²) >= 11 is 0. The zero-order valence-corrected chi connectivity index (χ0v) is 11.5. The molecule has 0 amide bonds. The van der Waals surface area contributed by atoms with Crippen molar-refractivity contribution in [2.75, 3.05) is 7.11 Å². The van der Waals surface area contributed by atoms with E-state index in [4.69, 9.17) is 9.26 Å². The minimum atomic E-state index is -0.152. The molecule has 0 radical (unpaired) electrons. The number of esters is 1. The molecule has 0 saturated heterocycles. The lowest BCUT2D eigenvalue weighted by molar-refractivity contribution is -0.141. The fourth-order valence-corrected chi connectivity index (χ4v) is 2.76. The lowest BCUT2D eigenvalue weighted by atomic mass is 9.97. The molecule has 1 aliphatic carbocycles. The molecule has 5 nitrogen and oxygen atoms in total. The van der Waals surface area contributed by atoms with Crippen molar-refractivity contribution in [2.24, 2.45) is 0 Å². The maximum atomic E-state index is 11.4. The third-order valence-corrected chi connectivity index (χ3v) is 3.77. The van der Waals surface area contributed by atoms with Gasteiger partial charge in [0.1, 0.15) is 0 Å². The fraction of sp³-hybridized carbons (Fsp3) is 0.400. The Morgan fingerprint density at radius 1 is 1.50 bits per heavy atom. The Bertz CT molecular complexity index is 648. The van der Waals surface area contributed by atoms with E-state index in [-0.39, 0.29) is 11.9 Å². The number of ether oxygens (including phenoxy) is 1. The summed E-state index contributed by atoms with van der Waals surface area (Å²) in [6.07, 6.45) is 2.41. The van der Waals surface area contributed by atoms with E-state index in [2.05, 4.69) is 22.3 Å². The van der Waals surface area contributed by atoms with Gasteiger partial charge in [-0.05, 0) is 36.0 Å². The first-order valence-electron chi connectivity index (χ1n) is 6.67. The Morgan fingerprint density at radius 3 is 3.05 bits per heavy atom. The van der Waals surface area contributed by atoms with Crippen molar-refractivity contribution in [3.63, 3.8) is 0 Å². The Labute approximate surface area is 116 Å². The second-order valence-corrected chi connectivity index (χ2v) is 5.07. The van der Waals surface area contributed by atoms with Crippen molar-refractivity contribution in [3.05, 3.63) is 35.2 Å². The van der Waals surface area contributed by atoms with Crippen LogP contribution in [0.2, 0.25) is 0 Å². The Kier molecular flexibility index (Phi) is 3.26. The fourth-order valence-electron chi connectivity index (χ4n) is 2.76. The number of carbonyl (C=O) groups is 1. The van der Waals surface area contributed by atoms with E-state index < -0.39 is 0 Å². The normalized spacial score (nSPS) is 17.0. The molecule has 0 saturated carbocycles. The van der Waals surface area contributed by atoms with Gasteiger partial charge in [0.2, 0.25) is 11.7 Å². The molecule has 0 spiro atoms. The van der Waals surface area contributed by atoms with Crippen molar-refractivity contribution in [2.45, 2.75) is 32.1 Å².